The van der Waals surface area contributed by atoms with Crippen LogP contribution in [0.25, 0.3) is 0 Å². The Bertz CT molecular complexity index is 468. The average molecular weight is 253 g/mol. The predicted octanol–water partition coefficient (Wildman–Crippen LogP) is 3.26. The van der Waals surface area contributed by atoms with Crippen LogP contribution >= 0.6 is 22.9 Å². The number of thiophene rings is 1. The van der Waals surface area contributed by atoms with Crippen molar-refractivity contribution in [3.05, 3.63) is 56.7 Å². The van der Waals surface area contributed by atoms with Crippen LogP contribution in [0.15, 0.2) is 35.0 Å². The molecule has 16 heavy (non-hydrogen) atoms. The van der Waals surface area contributed by atoms with E-state index in [-0.39, 0.29) is 6.04 Å². The van der Waals surface area contributed by atoms with E-state index in [1.54, 1.807) is 11.3 Å². The van der Waals surface area contributed by atoms with E-state index < -0.39 is 0 Å². The molecule has 2 aromatic rings. The summed E-state index contributed by atoms with van der Waals surface area (Å²) in [6.07, 6.45) is 0. The summed E-state index contributed by atoms with van der Waals surface area (Å²) in [4.78, 5) is 0. The van der Waals surface area contributed by atoms with Crippen LogP contribution in [0.1, 0.15) is 22.7 Å². The Morgan fingerprint density at radius 3 is 2.75 bits per heavy atom. The van der Waals surface area contributed by atoms with Gasteiger partial charge in [-0.15, -0.1) is 0 Å². The summed E-state index contributed by atoms with van der Waals surface area (Å²) in [5.41, 5.74) is 6.32. The van der Waals surface area contributed by atoms with Crippen molar-refractivity contribution < 1.29 is 0 Å². The number of hydrogen-bond donors (Lipinski definition) is 2. The summed E-state index contributed by atoms with van der Waals surface area (Å²) in [6, 6.07) is 7.96. The van der Waals surface area contributed by atoms with Gasteiger partial charge in [-0.1, -0.05) is 17.7 Å². The number of nitrogens with one attached hydrogen (secondary N) is 1. The second kappa shape index (κ2) is 4.97. The summed E-state index contributed by atoms with van der Waals surface area (Å²) >= 11 is 7.61. The monoisotopic (exact) mass is 252 g/mol. The van der Waals surface area contributed by atoms with E-state index >= 15 is 0 Å². The zero-order chi connectivity index (χ0) is 11.5. The topological polar surface area (TPSA) is 38.0 Å². The summed E-state index contributed by atoms with van der Waals surface area (Å²) in [7, 11) is 0. The summed E-state index contributed by atoms with van der Waals surface area (Å²) in [5, 5.41) is 4.89. The van der Waals surface area contributed by atoms with Crippen molar-refractivity contribution in [1.29, 1.82) is 0 Å². The Balaban J connectivity index is 2.41. The summed E-state index contributed by atoms with van der Waals surface area (Å²) < 4.78 is 0. The average Bonchev–Trinajstić information content (AvgIpc) is 2.75. The van der Waals surface area contributed by atoms with Gasteiger partial charge in [0.2, 0.25) is 0 Å². The molecule has 0 aliphatic heterocycles. The fraction of sp³-hybridized carbons (Fsp3) is 0.167. The maximum absolute atomic E-state index is 5.94. The molecule has 2 nitrogen and oxygen atoms in total. The molecule has 3 N–H and O–H groups in total. The molecular formula is C12H13ClN2S. The summed E-state index contributed by atoms with van der Waals surface area (Å²) in [6.45, 7) is 2.04. The van der Waals surface area contributed by atoms with Crippen LogP contribution in [0.5, 0.6) is 0 Å². The van der Waals surface area contributed by atoms with E-state index in [1.807, 2.05) is 30.5 Å². The third kappa shape index (κ3) is 2.28. The number of hydrogen-bond acceptors (Lipinski definition) is 3. The Labute approximate surface area is 104 Å². The largest absolute Gasteiger partial charge is 0.271 e. The zero-order valence-electron chi connectivity index (χ0n) is 8.91. The van der Waals surface area contributed by atoms with E-state index in [0.29, 0.717) is 0 Å². The molecule has 0 bridgehead atoms. The first-order chi connectivity index (χ1) is 7.72. The molecule has 0 spiro atoms. The second-order valence-corrected chi connectivity index (χ2v) is 4.87. The third-order valence-corrected chi connectivity index (χ3v) is 3.52. The summed E-state index contributed by atoms with van der Waals surface area (Å²) in [5.74, 6) is 5.62. The maximum Gasteiger partial charge on any atom is 0.0720 e. The molecule has 1 aromatic carbocycles. The highest BCUT2D eigenvalue weighted by molar-refractivity contribution is 7.08. The minimum Gasteiger partial charge on any atom is -0.271 e. The lowest BCUT2D eigenvalue weighted by atomic mass is 9.97. The van der Waals surface area contributed by atoms with Crippen LogP contribution in [0.2, 0.25) is 5.02 Å². The molecular weight excluding hydrogens is 240 g/mol. The molecule has 0 saturated carbocycles. The lowest BCUT2D eigenvalue weighted by Crippen LogP contribution is -2.29. The van der Waals surface area contributed by atoms with Crippen LogP contribution in [0.3, 0.4) is 0 Å². The maximum atomic E-state index is 5.94. The van der Waals surface area contributed by atoms with Crippen LogP contribution < -0.4 is 11.3 Å². The SMILES string of the molecule is Cc1cc(Cl)ccc1C(NN)c1ccsc1. The molecule has 0 aliphatic carbocycles. The second-order valence-electron chi connectivity index (χ2n) is 3.66. The highest BCUT2D eigenvalue weighted by Gasteiger charge is 2.14. The van der Waals surface area contributed by atoms with Crippen molar-refractivity contribution >= 4 is 22.9 Å². The van der Waals surface area contributed by atoms with Crippen molar-refractivity contribution in [1.82, 2.24) is 5.43 Å². The molecule has 0 amide bonds. The molecule has 0 aliphatic rings. The van der Waals surface area contributed by atoms with E-state index in [2.05, 4.69) is 16.9 Å². The molecule has 1 atom stereocenters. The van der Waals surface area contributed by atoms with Crippen molar-refractivity contribution in [3.63, 3.8) is 0 Å². The first-order valence-corrected chi connectivity index (χ1v) is 6.28. The van der Waals surface area contributed by atoms with Crippen LogP contribution in [-0.4, -0.2) is 0 Å². The molecule has 0 saturated heterocycles. The molecule has 84 valence electrons. The van der Waals surface area contributed by atoms with Crippen molar-refractivity contribution in [2.75, 3.05) is 0 Å². The van der Waals surface area contributed by atoms with E-state index in [4.69, 9.17) is 17.4 Å². The molecule has 1 heterocycles. The Morgan fingerprint density at radius 2 is 2.19 bits per heavy atom. The first kappa shape index (κ1) is 11.6. The fourth-order valence-corrected chi connectivity index (χ4v) is 2.68. The van der Waals surface area contributed by atoms with E-state index in [0.717, 1.165) is 16.1 Å². The number of nitrogens with two attached hydrogens (primary N) is 1. The van der Waals surface area contributed by atoms with E-state index in [9.17, 15) is 0 Å². The van der Waals surface area contributed by atoms with Gasteiger partial charge in [0.1, 0.15) is 0 Å². The Hall–Kier alpha value is -0.870. The quantitative estimate of drug-likeness (QED) is 0.650. The van der Waals surface area contributed by atoms with Crippen molar-refractivity contribution in [2.24, 2.45) is 5.84 Å². The van der Waals surface area contributed by atoms with Gasteiger partial charge in [0.05, 0.1) is 6.04 Å². The third-order valence-electron chi connectivity index (χ3n) is 2.59. The van der Waals surface area contributed by atoms with Gasteiger partial charge < -0.3 is 0 Å². The molecule has 1 aromatic heterocycles. The molecule has 0 fully saturated rings. The van der Waals surface area contributed by atoms with Crippen molar-refractivity contribution in [3.8, 4) is 0 Å². The van der Waals surface area contributed by atoms with Gasteiger partial charge in [-0.25, -0.2) is 5.43 Å². The number of hydrazine groups is 1. The Morgan fingerprint density at radius 1 is 1.38 bits per heavy atom. The number of aryl methyl sites for hydroxylation is 1. The van der Waals surface area contributed by atoms with Gasteiger partial charge in [0.25, 0.3) is 0 Å². The minimum absolute atomic E-state index is 0.0310. The first-order valence-electron chi connectivity index (χ1n) is 4.96. The lowest BCUT2D eigenvalue weighted by molar-refractivity contribution is 0.635. The van der Waals surface area contributed by atoms with Gasteiger partial charge in [0, 0.05) is 5.02 Å². The lowest BCUT2D eigenvalue weighted by Gasteiger charge is -2.17. The number of halogens is 1. The zero-order valence-corrected chi connectivity index (χ0v) is 10.5. The van der Waals surface area contributed by atoms with Gasteiger partial charge in [-0.2, -0.15) is 11.3 Å². The molecule has 0 radical (unpaired) electrons. The van der Waals surface area contributed by atoms with Crippen LogP contribution in [-0.2, 0) is 0 Å². The van der Waals surface area contributed by atoms with Crippen LogP contribution in [0.4, 0.5) is 0 Å². The smallest absolute Gasteiger partial charge is 0.0720 e. The van der Waals surface area contributed by atoms with Gasteiger partial charge >= 0.3 is 0 Å². The predicted molar refractivity (Wildman–Crippen MR) is 69.7 cm³/mol. The normalized spacial score (nSPS) is 12.7. The molecule has 1 unspecified atom stereocenters. The van der Waals surface area contributed by atoms with Gasteiger partial charge in [0.15, 0.2) is 0 Å². The van der Waals surface area contributed by atoms with E-state index in [1.165, 1.54) is 5.56 Å². The molecule has 2 rings (SSSR count). The molecule has 4 heteroatoms. The Kier molecular flexibility index (Phi) is 3.61. The highest BCUT2D eigenvalue weighted by Crippen LogP contribution is 2.27. The standard InChI is InChI=1S/C12H13ClN2S/c1-8-6-10(13)2-3-11(8)12(15-14)9-4-5-16-7-9/h2-7,12,15H,14H2,1H3. The van der Waals surface area contributed by atoms with Gasteiger partial charge in [-0.3, -0.25) is 5.84 Å². The number of rotatable bonds is 3. The minimum atomic E-state index is 0.0310. The number of benzene rings is 1. The fourth-order valence-electron chi connectivity index (χ4n) is 1.77. The van der Waals surface area contributed by atoms with Gasteiger partial charge in [-0.05, 0) is 52.6 Å². The highest BCUT2D eigenvalue weighted by atomic mass is 35.5. The van der Waals surface area contributed by atoms with Crippen molar-refractivity contribution in [2.45, 2.75) is 13.0 Å². The van der Waals surface area contributed by atoms with Crippen LogP contribution in [0, 0.1) is 6.92 Å².